The van der Waals surface area contributed by atoms with Crippen molar-refractivity contribution in [3.63, 3.8) is 0 Å². The van der Waals surface area contributed by atoms with E-state index in [1.165, 1.54) is 0 Å². The standard InChI is InChI=1S/C13H23N3O2/c1-4-12(14,5-2)11-15-10(16-18-11)13(17-3)8-6-7-9-13/h4-9,14H2,1-3H3. The second-order valence-corrected chi connectivity index (χ2v) is 5.19. The zero-order valence-electron chi connectivity index (χ0n) is 11.5. The molecule has 0 saturated heterocycles. The van der Waals surface area contributed by atoms with Crippen LogP contribution in [0.5, 0.6) is 0 Å². The van der Waals surface area contributed by atoms with Gasteiger partial charge in [-0.2, -0.15) is 4.98 Å². The van der Waals surface area contributed by atoms with Gasteiger partial charge in [0.1, 0.15) is 5.60 Å². The van der Waals surface area contributed by atoms with E-state index >= 15 is 0 Å². The van der Waals surface area contributed by atoms with Crippen LogP contribution in [-0.2, 0) is 15.9 Å². The minimum Gasteiger partial charge on any atom is -0.370 e. The van der Waals surface area contributed by atoms with Crippen molar-refractivity contribution in [1.82, 2.24) is 10.1 Å². The first-order valence-corrected chi connectivity index (χ1v) is 6.79. The summed E-state index contributed by atoms with van der Waals surface area (Å²) in [5.41, 5.74) is 5.41. The zero-order valence-corrected chi connectivity index (χ0v) is 11.5. The molecule has 5 heteroatoms. The lowest BCUT2D eigenvalue weighted by molar-refractivity contribution is -0.0178. The molecule has 0 bridgehead atoms. The summed E-state index contributed by atoms with van der Waals surface area (Å²) >= 11 is 0. The Bertz CT molecular complexity index is 393. The quantitative estimate of drug-likeness (QED) is 0.872. The highest BCUT2D eigenvalue weighted by Gasteiger charge is 2.41. The molecule has 0 unspecified atom stereocenters. The molecule has 0 atom stereocenters. The van der Waals surface area contributed by atoms with Crippen LogP contribution in [0.2, 0.25) is 0 Å². The summed E-state index contributed by atoms with van der Waals surface area (Å²) in [7, 11) is 1.72. The Labute approximate surface area is 108 Å². The first-order valence-electron chi connectivity index (χ1n) is 6.79. The van der Waals surface area contributed by atoms with E-state index in [2.05, 4.69) is 10.1 Å². The largest absolute Gasteiger partial charge is 0.370 e. The molecular formula is C13H23N3O2. The van der Waals surface area contributed by atoms with Crippen LogP contribution in [-0.4, -0.2) is 17.3 Å². The normalized spacial score (nSPS) is 19.3. The molecule has 1 aromatic rings. The summed E-state index contributed by atoms with van der Waals surface area (Å²) in [6.07, 6.45) is 5.77. The van der Waals surface area contributed by atoms with Gasteiger partial charge in [-0.1, -0.05) is 19.0 Å². The molecular weight excluding hydrogens is 230 g/mol. The molecule has 0 radical (unpaired) electrons. The van der Waals surface area contributed by atoms with Gasteiger partial charge in [0.05, 0.1) is 5.54 Å². The maximum absolute atomic E-state index is 6.28. The summed E-state index contributed by atoms with van der Waals surface area (Å²) in [5.74, 6) is 1.19. The Balaban J connectivity index is 2.30. The Morgan fingerprint density at radius 1 is 1.33 bits per heavy atom. The van der Waals surface area contributed by atoms with E-state index in [1.54, 1.807) is 7.11 Å². The maximum atomic E-state index is 6.28. The monoisotopic (exact) mass is 253 g/mol. The van der Waals surface area contributed by atoms with Gasteiger partial charge in [-0.25, -0.2) is 0 Å². The number of nitrogens with two attached hydrogens (primary N) is 1. The van der Waals surface area contributed by atoms with Crippen LogP contribution in [0.25, 0.3) is 0 Å². The van der Waals surface area contributed by atoms with E-state index in [4.69, 9.17) is 15.0 Å². The van der Waals surface area contributed by atoms with Crippen molar-refractivity contribution in [2.24, 2.45) is 5.73 Å². The van der Waals surface area contributed by atoms with Gasteiger partial charge in [0.15, 0.2) is 0 Å². The van der Waals surface area contributed by atoms with E-state index in [9.17, 15) is 0 Å². The molecule has 1 heterocycles. The van der Waals surface area contributed by atoms with Crippen molar-refractivity contribution in [2.75, 3.05) is 7.11 Å². The highest BCUT2D eigenvalue weighted by molar-refractivity contribution is 5.08. The Kier molecular flexibility index (Phi) is 3.73. The third kappa shape index (κ3) is 2.06. The molecule has 18 heavy (non-hydrogen) atoms. The number of ether oxygens (including phenoxy) is 1. The van der Waals surface area contributed by atoms with Gasteiger partial charge in [-0.15, -0.1) is 0 Å². The predicted molar refractivity (Wildman–Crippen MR) is 67.9 cm³/mol. The van der Waals surface area contributed by atoms with E-state index < -0.39 is 5.54 Å². The third-order valence-electron chi connectivity index (χ3n) is 4.32. The van der Waals surface area contributed by atoms with Gasteiger partial charge >= 0.3 is 0 Å². The molecule has 5 nitrogen and oxygen atoms in total. The lowest BCUT2D eigenvalue weighted by Crippen LogP contribution is -2.36. The minimum absolute atomic E-state index is 0.357. The molecule has 0 amide bonds. The zero-order chi connectivity index (χ0) is 13.2. The van der Waals surface area contributed by atoms with Gasteiger partial charge in [-0.05, 0) is 38.5 Å². The van der Waals surface area contributed by atoms with E-state index in [1.807, 2.05) is 13.8 Å². The van der Waals surface area contributed by atoms with Crippen molar-refractivity contribution >= 4 is 0 Å². The highest BCUT2D eigenvalue weighted by atomic mass is 16.5. The molecule has 1 aromatic heterocycles. The number of hydrogen-bond donors (Lipinski definition) is 1. The van der Waals surface area contributed by atoms with Gasteiger partial charge in [-0.3, -0.25) is 0 Å². The maximum Gasteiger partial charge on any atom is 0.246 e. The molecule has 1 aliphatic carbocycles. The average molecular weight is 253 g/mol. The molecule has 1 saturated carbocycles. The fourth-order valence-electron chi connectivity index (χ4n) is 2.63. The Morgan fingerprint density at radius 2 is 1.94 bits per heavy atom. The highest BCUT2D eigenvalue weighted by Crippen LogP contribution is 2.40. The fourth-order valence-corrected chi connectivity index (χ4v) is 2.63. The Morgan fingerprint density at radius 3 is 2.44 bits per heavy atom. The van der Waals surface area contributed by atoms with Crippen LogP contribution in [0.4, 0.5) is 0 Å². The van der Waals surface area contributed by atoms with Gasteiger partial charge in [0, 0.05) is 7.11 Å². The molecule has 1 fully saturated rings. The van der Waals surface area contributed by atoms with Crippen molar-refractivity contribution in [1.29, 1.82) is 0 Å². The van der Waals surface area contributed by atoms with Gasteiger partial charge < -0.3 is 15.0 Å². The molecule has 0 spiro atoms. The average Bonchev–Trinajstić information content (AvgIpc) is 3.06. The number of aromatic nitrogens is 2. The van der Waals surface area contributed by atoms with Crippen LogP contribution in [0.3, 0.4) is 0 Å². The van der Waals surface area contributed by atoms with Crippen LogP contribution in [0.15, 0.2) is 4.52 Å². The summed E-state index contributed by atoms with van der Waals surface area (Å²) < 4.78 is 11.0. The van der Waals surface area contributed by atoms with E-state index in [0.717, 1.165) is 38.5 Å². The summed E-state index contributed by atoms with van der Waals surface area (Å²) in [6.45, 7) is 4.07. The van der Waals surface area contributed by atoms with Crippen molar-refractivity contribution in [3.05, 3.63) is 11.7 Å². The lowest BCUT2D eigenvalue weighted by Gasteiger charge is -2.23. The number of nitrogens with zero attached hydrogens (tertiary/aromatic N) is 2. The SMILES string of the molecule is CCC(N)(CC)c1nc(C2(OC)CCCC2)no1. The fraction of sp³-hybridized carbons (Fsp3) is 0.846. The van der Waals surface area contributed by atoms with Gasteiger partial charge in [0.2, 0.25) is 11.7 Å². The van der Waals surface area contributed by atoms with Crippen molar-refractivity contribution < 1.29 is 9.26 Å². The summed E-state index contributed by atoms with van der Waals surface area (Å²) in [4.78, 5) is 4.52. The topological polar surface area (TPSA) is 74.2 Å². The molecule has 0 aromatic carbocycles. The van der Waals surface area contributed by atoms with Crippen LogP contribution < -0.4 is 5.73 Å². The van der Waals surface area contributed by atoms with Crippen LogP contribution in [0, 0.1) is 0 Å². The lowest BCUT2D eigenvalue weighted by atomic mass is 9.94. The molecule has 1 aliphatic rings. The second kappa shape index (κ2) is 4.97. The number of rotatable bonds is 5. The third-order valence-corrected chi connectivity index (χ3v) is 4.32. The molecule has 2 N–H and O–H groups in total. The molecule has 0 aliphatic heterocycles. The number of methoxy groups -OCH3 is 1. The second-order valence-electron chi connectivity index (χ2n) is 5.19. The predicted octanol–water partition coefficient (Wildman–Crippen LogP) is 2.46. The van der Waals surface area contributed by atoms with Crippen LogP contribution in [0.1, 0.15) is 64.1 Å². The summed E-state index contributed by atoms with van der Waals surface area (Å²) in [6, 6.07) is 0. The summed E-state index contributed by atoms with van der Waals surface area (Å²) in [5, 5.41) is 4.11. The minimum atomic E-state index is -0.515. The first-order chi connectivity index (χ1) is 8.60. The first kappa shape index (κ1) is 13.5. The molecule has 2 rings (SSSR count). The molecule has 102 valence electrons. The Hall–Kier alpha value is -0.940. The van der Waals surface area contributed by atoms with Gasteiger partial charge in [0.25, 0.3) is 0 Å². The van der Waals surface area contributed by atoms with E-state index in [-0.39, 0.29) is 5.60 Å². The van der Waals surface area contributed by atoms with Crippen LogP contribution >= 0.6 is 0 Å². The van der Waals surface area contributed by atoms with Crippen molar-refractivity contribution in [3.8, 4) is 0 Å². The smallest absolute Gasteiger partial charge is 0.246 e. The van der Waals surface area contributed by atoms with Crippen molar-refractivity contribution in [2.45, 2.75) is 63.5 Å². The van der Waals surface area contributed by atoms with E-state index in [0.29, 0.717) is 11.7 Å². The number of hydrogen-bond acceptors (Lipinski definition) is 5.